The molecule has 0 aliphatic carbocycles. The Bertz CT molecular complexity index is 826. The van der Waals surface area contributed by atoms with Crippen LogP contribution in [-0.4, -0.2) is 35.6 Å². The van der Waals surface area contributed by atoms with E-state index >= 15 is 0 Å². The summed E-state index contributed by atoms with van der Waals surface area (Å²) in [5, 5.41) is 14.3. The minimum atomic E-state index is -1.03. The largest absolute Gasteiger partial charge is 0.478 e. The van der Waals surface area contributed by atoms with Crippen molar-refractivity contribution in [2.75, 3.05) is 17.2 Å². The topological polar surface area (TPSA) is 105 Å². The summed E-state index contributed by atoms with van der Waals surface area (Å²) in [5.74, 6) is -1.61. The Labute approximate surface area is 150 Å². The van der Waals surface area contributed by atoms with Gasteiger partial charge in [0.2, 0.25) is 0 Å². The van der Waals surface area contributed by atoms with Crippen molar-refractivity contribution in [2.45, 2.75) is 18.9 Å². The van der Waals surface area contributed by atoms with E-state index in [1.54, 1.807) is 24.3 Å². The zero-order chi connectivity index (χ0) is 18.5. The molecule has 1 saturated heterocycles. The maximum absolute atomic E-state index is 12.4. The molecule has 2 aromatic rings. The van der Waals surface area contributed by atoms with Gasteiger partial charge in [0.15, 0.2) is 0 Å². The number of carbonyl (C=O) groups excluding carboxylic acids is 2. The molecule has 26 heavy (non-hydrogen) atoms. The van der Waals surface area contributed by atoms with Crippen LogP contribution >= 0.6 is 0 Å². The normalized spacial score (nSPS) is 16.1. The number of carbonyl (C=O) groups is 3. The second-order valence-corrected chi connectivity index (χ2v) is 5.91. The molecule has 7 heteroatoms. The predicted molar refractivity (Wildman–Crippen MR) is 95.4 cm³/mol. The highest BCUT2D eigenvalue weighted by atomic mass is 16.5. The predicted octanol–water partition coefficient (Wildman–Crippen LogP) is 2.75. The molecule has 0 radical (unpaired) electrons. The van der Waals surface area contributed by atoms with Crippen molar-refractivity contribution in [3.63, 3.8) is 0 Å². The van der Waals surface area contributed by atoms with E-state index < -0.39 is 12.1 Å². The van der Waals surface area contributed by atoms with Gasteiger partial charge in [-0.1, -0.05) is 6.07 Å². The number of benzene rings is 2. The van der Waals surface area contributed by atoms with Gasteiger partial charge in [0.25, 0.3) is 11.8 Å². The van der Waals surface area contributed by atoms with Crippen LogP contribution in [0.15, 0.2) is 48.5 Å². The van der Waals surface area contributed by atoms with Gasteiger partial charge in [0, 0.05) is 23.5 Å². The number of rotatable bonds is 5. The van der Waals surface area contributed by atoms with Crippen molar-refractivity contribution in [3.05, 3.63) is 59.7 Å². The first-order chi connectivity index (χ1) is 12.5. The van der Waals surface area contributed by atoms with Crippen molar-refractivity contribution < 1.29 is 24.2 Å². The Morgan fingerprint density at radius 1 is 0.962 bits per heavy atom. The zero-order valence-corrected chi connectivity index (χ0v) is 13.9. The lowest BCUT2D eigenvalue weighted by Gasteiger charge is -2.11. The summed E-state index contributed by atoms with van der Waals surface area (Å²) in [6, 6.07) is 12.4. The maximum Gasteiger partial charge on any atom is 0.335 e. The third-order valence-corrected chi connectivity index (χ3v) is 4.00. The van der Waals surface area contributed by atoms with Crippen LogP contribution in [0.2, 0.25) is 0 Å². The van der Waals surface area contributed by atoms with Crippen LogP contribution < -0.4 is 10.6 Å². The quantitative estimate of drug-likeness (QED) is 0.766. The first-order valence-corrected chi connectivity index (χ1v) is 8.20. The number of carboxylic acid groups (broad SMARTS) is 1. The van der Waals surface area contributed by atoms with Gasteiger partial charge in [0.1, 0.15) is 6.10 Å². The molecule has 1 fully saturated rings. The molecule has 2 amide bonds. The van der Waals surface area contributed by atoms with Crippen molar-refractivity contribution in [3.8, 4) is 0 Å². The van der Waals surface area contributed by atoms with Crippen LogP contribution in [0.4, 0.5) is 11.4 Å². The van der Waals surface area contributed by atoms with Gasteiger partial charge in [-0.05, 0) is 55.3 Å². The number of amides is 2. The lowest BCUT2D eigenvalue weighted by atomic mass is 10.1. The number of nitrogens with one attached hydrogen (secondary N) is 2. The Hall–Kier alpha value is -3.19. The number of ether oxygens (including phenoxy) is 1. The molecule has 1 aliphatic rings. The van der Waals surface area contributed by atoms with Gasteiger partial charge in [-0.25, -0.2) is 4.79 Å². The Morgan fingerprint density at radius 2 is 1.73 bits per heavy atom. The van der Waals surface area contributed by atoms with Crippen LogP contribution in [0.5, 0.6) is 0 Å². The van der Waals surface area contributed by atoms with Crippen LogP contribution in [-0.2, 0) is 9.53 Å². The summed E-state index contributed by atoms with van der Waals surface area (Å²) < 4.78 is 5.34. The number of hydrogen-bond donors (Lipinski definition) is 3. The molecule has 1 heterocycles. The summed E-state index contributed by atoms with van der Waals surface area (Å²) in [6.45, 7) is 0.585. The van der Waals surface area contributed by atoms with E-state index in [-0.39, 0.29) is 17.4 Å². The number of carboxylic acids is 1. The maximum atomic E-state index is 12.4. The highest BCUT2D eigenvalue weighted by Crippen LogP contribution is 2.17. The molecule has 134 valence electrons. The second-order valence-electron chi connectivity index (χ2n) is 5.91. The zero-order valence-electron chi connectivity index (χ0n) is 13.9. The van der Waals surface area contributed by atoms with E-state index in [1.807, 2.05) is 0 Å². The summed E-state index contributed by atoms with van der Waals surface area (Å²) in [6.07, 6.45) is 1.11. The van der Waals surface area contributed by atoms with E-state index in [0.29, 0.717) is 30.0 Å². The number of hydrogen-bond acceptors (Lipinski definition) is 4. The minimum absolute atomic E-state index is 0.141. The van der Waals surface area contributed by atoms with Crippen LogP contribution in [0.1, 0.15) is 33.6 Å². The molecular weight excluding hydrogens is 336 g/mol. The van der Waals surface area contributed by atoms with Gasteiger partial charge >= 0.3 is 5.97 Å². The standard InChI is InChI=1S/C19H18N2O5/c22-17(20-14-8-6-12(7-9-14)19(24)25)13-3-1-4-15(11-13)21-18(23)16-5-2-10-26-16/h1,3-4,6-9,11,16H,2,5,10H2,(H,20,22)(H,21,23)(H,24,25)/t16-/m1/s1. The van der Waals surface area contributed by atoms with Gasteiger partial charge in [-0.15, -0.1) is 0 Å². The monoisotopic (exact) mass is 354 g/mol. The fraction of sp³-hybridized carbons (Fsp3) is 0.211. The van der Waals surface area contributed by atoms with E-state index in [2.05, 4.69) is 10.6 Å². The Balaban J connectivity index is 1.65. The van der Waals surface area contributed by atoms with Crippen LogP contribution in [0.25, 0.3) is 0 Å². The number of aromatic carboxylic acids is 1. The third kappa shape index (κ3) is 4.25. The minimum Gasteiger partial charge on any atom is -0.478 e. The van der Waals surface area contributed by atoms with E-state index in [9.17, 15) is 14.4 Å². The molecule has 1 atom stereocenters. The SMILES string of the molecule is O=C(O)c1ccc(NC(=O)c2cccc(NC(=O)[C@H]3CCCO3)c2)cc1. The molecule has 7 nitrogen and oxygen atoms in total. The Kier molecular flexibility index (Phi) is 5.28. The van der Waals surface area contributed by atoms with Crippen molar-refractivity contribution in [1.82, 2.24) is 0 Å². The summed E-state index contributed by atoms with van der Waals surface area (Å²) in [7, 11) is 0. The fourth-order valence-electron chi connectivity index (χ4n) is 2.64. The summed E-state index contributed by atoms with van der Waals surface area (Å²) >= 11 is 0. The van der Waals surface area contributed by atoms with Gasteiger partial charge in [-0.2, -0.15) is 0 Å². The van der Waals surface area contributed by atoms with Crippen molar-refractivity contribution >= 4 is 29.2 Å². The third-order valence-electron chi connectivity index (χ3n) is 4.00. The molecule has 3 N–H and O–H groups in total. The van der Waals surface area contributed by atoms with E-state index in [0.717, 1.165) is 6.42 Å². The summed E-state index contributed by atoms with van der Waals surface area (Å²) in [4.78, 5) is 35.3. The first kappa shape index (κ1) is 17.6. The molecule has 1 aliphatic heterocycles. The van der Waals surface area contributed by atoms with Crippen molar-refractivity contribution in [1.29, 1.82) is 0 Å². The Morgan fingerprint density at radius 3 is 2.38 bits per heavy atom. The molecule has 2 aromatic carbocycles. The molecular formula is C19H18N2O5. The average Bonchev–Trinajstić information content (AvgIpc) is 3.17. The van der Waals surface area contributed by atoms with Crippen molar-refractivity contribution in [2.24, 2.45) is 0 Å². The smallest absolute Gasteiger partial charge is 0.335 e. The second kappa shape index (κ2) is 7.79. The molecule has 0 spiro atoms. The van der Waals surface area contributed by atoms with Crippen LogP contribution in [0, 0.1) is 0 Å². The molecule has 0 saturated carbocycles. The fourth-order valence-corrected chi connectivity index (χ4v) is 2.64. The molecule has 0 bridgehead atoms. The molecule has 3 rings (SSSR count). The lowest BCUT2D eigenvalue weighted by molar-refractivity contribution is -0.124. The van der Waals surface area contributed by atoms with Gasteiger partial charge < -0.3 is 20.5 Å². The first-order valence-electron chi connectivity index (χ1n) is 8.20. The highest BCUT2D eigenvalue weighted by Gasteiger charge is 2.23. The van der Waals surface area contributed by atoms with E-state index in [4.69, 9.17) is 9.84 Å². The molecule has 0 unspecified atom stereocenters. The lowest BCUT2D eigenvalue weighted by Crippen LogP contribution is -2.27. The van der Waals surface area contributed by atoms with Gasteiger partial charge in [-0.3, -0.25) is 9.59 Å². The van der Waals surface area contributed by atoms with E-state index in [1.165, 1.54) is 24.3 Å². The summed E-state index contributed by atoms with van der Waals surface area (Å²) in [5.41, 5.74) is 1.51. The highest BCUT2D eigenvalue weighted by molar-refractivity contribution is 6.05. The van der Waals surface area contributed by atoms with Crippen LogP contribution in [0.3, 0.4) is 0 Å². The number of anilines is 2. The molecule has 0 aromatic heterocycles. The van der Waals surface area contributed by atoms with Gasteiger partial charge in [0.05, 0.1) is 5.56 Å². The average molecular weight is 354 g/mol.